The van der Waals surface area contributed by atoms with E-state index in [0.717, 1.165) is 0 Å². The van der Waals surface area contributed by atoms with Gasteiger partial charge >= 0.3 is 0 Å². The number of ether oxygens (including phenoxy) is 1. The molecule has 2 amide bonds. The van der Waals surface area contributed by atoms with Crippen LogP contribution in [0.3, 0.4) is 0 Å². The fourth-order valence-electron chi connectivity index (χ4n) is 3.46. The quantitative estimate of drug-likeness (QED) is 0.547. The number of nitrogens with zero attached hydrogens (tertiary/aromatic N) is 2. The lowest BCUT2D eigenvalue weighted by Crippen LogP contribution is -2.50. The summed E-state index contributed by atoms with van der Waals surface area (Å²) in [6, 6.07) is 19.2. The fourth-order valence-corrected chi connectivity index (χ4v) is 3.58. The van der Waals surface area contributed by atoms with Crippen molar-refractivity contribution in [2.45, 2.75) is 25.5 Å². The molecule has 3 aromatic rings. The summed E-state index contributed by atoms with van der Waals surface area (Å²) in [4.78, 5) is 32.1. The molecule has 2 N–H and O–H groups in total. The summed E-state index contributed by atoms with van der Waals surface area (Å²) in [5.74, 6) is 0.0746. The predicted molar refractivity (Wildman–Crippen MR) is 132 cm³/mol. The maximum absolute atomic E-state index is 13.7. The van der Waals surface area contributed by atoms with E-state index in [4.69, 9.17) is 16.3 Å². The molecule has 2 aromatic carbocycles. The fraction of sp³-hybridized carbons (Fsp3) is 0.208. The van der Waals surface area contributed by atoms with Crippen LogP contribution in [-0.2, 0) is 15.2 Å². The van der Waals surface area contributed by atoms with E-state index in [1.165, 1.54) is 0 Å². The first-order valence-electron chi connectivity index (χ1n) is 10.2. The van der Waals surface area contributed by atoms with Gasteiger partial charge in [0.1, 0.15) is 11.5 Å². The summed E-state index contributed by atoms with van der Waals surface area (Å²) in [6.07, 6.45) is 0. The second-order valence-corrected chi connectivity index (χ2v) is 8.08. The molecule has 0 aliphatic carbocycles. The van der Waals surface area contributed by atoms with Crippen molar-refractivity contribution < 1.29 is 14.3 Å². The molecule has 2 unspecified atom stereocenters. The molecule has 1 aliphatic rings. The van der Waals surface area contributed by atoms with Gasteiger partial charge in [-0.05, 0) is 57.3 Å². The van der Waals surface area contributed by atoms with Gasteiger partial charge < -0.3 is 15.4 Å². The standard InChI is InChI=1S/C24H23ClN4O3.ClH/c1-15(26-3)21(30)27-20-14-13-19-22(28-20)32-24(2,16-7-5-4-6-8-16)23(31)29(19)18-11-9-17(25)10-12-18;/h4-15,26H,1-3H3,(H,27,28,30);1H. The van der Waals surface area contributed by atoms with Crippen LogP contribution in [0.25, 0.3) is 0 Å². The zero-order valence-corrected chi connectivity index (χ0v) is 19.9. The lowest BCUT2D eigenvalue weighted by molar-refractivity contribution is -0.134. The van der Waals surface area contributed by atoms with Crippen LogP contribution in [0.1, 0.15) is 19.4 Å². The number of hydrogen-bond acceptors (Lipinski definition) is 5. The van der Waals surface area contributed by atoms with Crippen LogP contribution in [0.5, 0.6) is 5.88 Å². The number of hydrogen-bond donors (Lipinski definition) is 2. The van der Waals surface area contributed by atoms with Crippen molar-refractivity contribution in [3.05, 3.63) is 77.3 Å². The third-order valence-electron chi connectivity index (χ3n) is 5.48. The Hall–Kier alpha value is -3.13. The second-order valence-electron chi connectivity index (χ2n) is 7.64. The Labute approximate surface area is 203 Å². The number of benzene rings is 2. The van der Waals surface area contributed by atoms with Crippen LogP contribution in [-0.4, -0.2) is 29.9 Å². The van der Waals surface area contributed by atoms with E-state index in [2.05, 4.69) is 15.6 Å². The zero-order valence-electron chi connectivity index (χ0n) is 18.3. The van der Waals surface area contributed by atoms with Crippen molar-refractivity contribution in [2.24, 2.45) is 0 Å². The van der Waals surface area contributed by atoms with Gasteiger partial charge in [-0.3, -0.25) is 14.5 Å². The maximum Gasteiger partial charge on any atom is 0.280 e. The number of pyridine rings is 1. The number of likely N-dealkylation sites (N-methyl/N-ethyl adjacent to an activating group) is 1. The number of halogens is 2. The molecule has 2 heterocycles. The third-order valence-corrected chi connectivity index (χ3v) is 5.73. The first-order valence-corrected chi connectivity index (χ1v) is 10.5. The van der Waals surface area contributed by atoms with E-state index in [0.29, 0.717) is 27.8 Å². The largest absolute Gasteiger partial charge is 0.455 e. The maximum atomic E-state index is 13.7. The van der Waals surface area contributed by atoms with Crippen molar-refractivity contribution in [1.82, 2.24) is 10.3 Å². The zero-order chi connectivity index (χ0) is 22.9. The molecular weight excluding hydrogens is 463 g/mol. The van der Waals surface area contributed by atoms with Gasteiger partial charge in [0.2, 0.25) is 17.4 Å². The van der Waals surface area contributed by atoms with E-state index in [9.17, 15) is 9.59 Å². The Morgan fingerprint density at radius 2 is 1.76 bits per heavy atom. The van der Waals surface area contributed by atoms with E-state index >= 15 is 0 Å². The van der Waals surface area contributed by atoms with Gasteiger partial charge in [0.05, 0.1) is 6.04 Å². The predicted octanol–water partition coefficient (Wildman–Crippen LogP) is 4.68. The van der Waals surface area contributed by atoms with Crippen LogP contribution in [0.2, 0.25) is 5.02 Å². The number of amides is 2. The monoisotopic (exact) mass is 486 g/mol. The smallest absolute Gasteiger partial charge is 0.280 e. The lowest BCUT2D eigenvalue weighted by atomic mass is 9.92. The molecule has 0 saturated heterocycles. The van der Waals surface area contributed by atoms with Gasteiger partial charge in [-0.25, -0.2) is 0 Å². The molecular formula is C24H24Cl2N4O3. The van der Waals surface area contributed by atoms with Crippen molar-refractivity contribution in [2.75, 3.05) is 17.3 Å². The number of carbonyl (C=O) groups is 2. The molecule has 7 nitrogen and oxygen atoms in total. The van der Waals surface area contributed by atoms with Crippen molar-refractivity contribution in [3.63, 3.8) is 0 Å². The highest BCUT2D eigenvalue weighted by Crippen LogP contribution is 2.45. The molecule has 0 spiro atoms. The number of carbonyl (C=O) groups excluding carboxylic acids is 2. The Balaban J connectivity index is 0.00000306. The molecule has 0 saturated carbocycles. The Bertz CT molecular complexity index is 1160. The topological polar surface area (TPSA) is 83.6 Å². The van der Waals surface area contributed by atoms with E-state index in [1.807, 2.05) is 30.3 Å². The van der Waals surface area contributed by atoms with Crippen LogP contribution < -0.4 is 20.3 Å². The number of anilines is 3. The van der Waals surface area contributed by atoms with Crippen molar-refractivity contribution >= 4 is 53.0 Å². The number of fused-ring (bicyclic) bond motifs is 1. The number of rotatable bonds is 5. The van der Waals surface area contributed by atoms with Crippen molar-refractivity contribution in [3.8, 4) is 5.88 Å². The van der Waals surface area contributed by atoms with Gasteiger partial charge in [-0.1, -0.05) is 41.9 Å². The third kappa shape index (κ3) is 4.66. The summed E-state index contributed by atoms with van der Waals surface area (Å²) in [5.41, 5.74) is 0.482. The minimum Gasteiger partial charge on any atom is -0.455 e. The summed E-state index contributed by atoms with van der Waals surface area (Å²) in [5, 5.41) is 6.22. The van der Waals surface area contributed by atoms with Crippen LogP contribution in [0.4, 0.5) is 17.2 Å². The first-order chi connectivity index (χ1) is 15.3. The Morgan fingerprint density at radius 3 is 2.39 bits per heavy atom. The average Bonchev–Trinajstić information content (AvgIpc) is 2.81. The second kappa shape index (κ2) is 9.79. The number of nitrogens with one attached hydrogen (secondary N) is 2. The van der Waals surface area contributed by atoms with Gasteiger partial charge in [-0.2, -0.15) is 4.98 Å². The Kier molecular flexibility index (Phi) is 7.27. The van der Waals surface area contributed by atoms with Crippen LogP contribution in [0.15, 0.2) is 66.7 Å². The molecule has 2 atom stereocenters. The SMILES string of the molecule is CNC(C)C(=O)Nc1ccc2c(n1)OC(C)(c1ccccc1)C(=O)N2c1ccc(Cl)cc1.Cl. The summed E-state index contributed by atoms with van der Waals surface area (Å²) < 4.78 is 6.21. The molecule has 4 rings (SSSR count). The molecule has 1 aromatic heterocycles. The highest BCUT2D eigenvalue weighted by atomic mass is 35.5. The molecule has 0 radical (unpaired) electrons. The van der Waals surface area contributed by atoms with E-state index < -0.39 is 11.6 Å². The molecule has 0 bridgehead atoms. The van der Waals surface area contributed by atoms with E-state index in [-0.39, 0.29) is 30.1 Å². The molecule has 33 heavy (non-hydrogen) atoms. The molecule has 172 valence electrons. The highest BCUT2D eigenvalue weighted by Gasteiger charge is 2.47. The number of aromatic nitrogens is 1. The summed E-state index contributed by atoms with van der Waals surface area (Å²) >= 11 is 6.06. The lowest BCUT2D eigenvalue weighted by Gasteiger charge is -2.40. The van der Waals surface area contributed by atoms with Gasteiger partial charge in [0, 0.05) is 16.3 Å². The minimum absolute atomic E-state index is 0. The van der Waals surface area contributed by atoms with Gasteiger partial charge in [0.25, 0.3) is 5.91 Å². The Morgan fingerprint density at radius 1 is 1.09 bits per heavy atom. The van der Waals surface area contributed by atoms with Crippen LogP contribution >= 0.6 is 24.0 Å². The minimum atomic E-state index is -1.32. The molecule has 9 heteroatoms. The summed E-state index contributed by atoms with van der Waals surface area (Å²) in [7, 11) is 1.70. The molecule has 1 aliphatic heterocycles. The first kappa shape index (κ1) is 24.5. The average molecular weight is 487 g/mol. The summed E-state index contributed by atoms with van der Waals surface area (Å²) in [6.45, 7) is 3.46. The van der Waals surface area contributed by atoms with E-state index in [1.54, 1.807) is 62.2 Å². The van der Waals surface area contributed by atoms with Crippen molar-refractivity contribution in [1.29, 1.82) is 0 Å². The van der Waals surface area contributed by atoms with Gasteiger partial charge in [-0.15, -0.1) is 12.4 Å². The van der Waals surface area contributed by atoms with Gasteiger partial charge in [0.15, 0.2) is 0 Å². The highest BCUT2D eigenvalue weighted by molar-refractivity contribution is 6.30. The van der Waals surface area contributed by atoms with Crippen LogP contribution in [0, 0.1) is 0 Å². The molecule has 0 fully saturated rings. The normalized spacial score (nSPS) is 17.9.